The van der Waals surface area contributed by atoms with Crippen molar-refractivity contribution in [1.29, 1.82) is 0 Å². The first kappa shape index (κ1) is 9.59. The SMILES string of the molecule is CCCc1cc(OC)ccc1Br. The molecule has 2 heteroatoms. The third kappa shape index (κ3) is 2.24. The summed E-state index contributed by atoms with van der Waals surface area (Å²) in [5.41, 5.74) is 1.32. The van der Waals surface area contributed by atoms with Gasteiger partial charge in [0, 0.05) is 4.47 Å². The van der Waals surface area contributed by atoms with Gasteiger partial charge in [-0.25, -0.2) is 0 Å². The zero-order valence-corrected chi connectivity index (χ0v) is 9.02. The van der Waals surface area contributed by atoms with Gasteiger partial charge in [-0.15, -0.1) is 0 Å². The van der Waals surface area contributed by atoms with E-state index in [2.05, 4.69) is 28.9 Å². The zero-order valence-electron chi connectivity index (χ0n) is 7.43. The first-order valence-electron chi connectivity index (χ1n) is 4.10. The minimum absolute atomic E-state index is 0.932. The van der Waals surface area contributed by atoms with Crippen LogP contribution in [0.15, 0.2) is 22.7 Å². The van der Waals surface area contributed by atoms with Crippen molar-refractivity contribution < 1.29 is 4.74 Å². The van der Waals surface area contributed by atoms with Gasteiger partial charge in [0.2, 0.25) is 0 Å². The number of rotatable bonds is 3. The van der Waals surface area contributed by atoms with E-state index >= 15 is 0 Å². The maximum absolute atomic E-state index is 5.14. The molecule has 0 spiro atoms. The summed E-state index contributed by atoms with van der Waals surface area (Å²) in [4.78, 5) is 0. The topological polar surface area (TPSA) is 9.23 Å². The molecule has 66 valence electrons. The predicted octanol–water partition coefficient (Wildman–Crippen LogP) is 3.41. The Morgan fingerprint density at radius 1 is 1.42 bits per heavy atom. The van der Waals surface area contributed by atoms with Crippen LogP contribution in [0.3, 0.4) is 0 Å². The summed E-state index contributed by atoms with van der Waals surface area (Å²) in [5, 5.41) is 0. The summed E-state index contributed by atoms with van der Waals surface area (Å²) in [6, 6.07) is 6.07. The molecule has 0 amide bonds. The number of methoxy groups -OCH3 is 1. The lowest BCUT2D eigenvalue weighted by Gasteiger charge is -2.05. The molecule has 0 heterocycles. The fourth-order valence-electron chi connectivity index (χ4n) is 1.14. The average molecular weight is 229 g/mol. The molecule has 0 aromatic heterocycles. The molecule has 0 saturated carbocycles. The van der Waals surface area contributed by atoms with Crippen LogP contribution >= 0.6 is 15.9 Å². The fraction of sp³-hybridized carbons (Fsp3) is 0.400. The maximum Gasteiger partial charge on any atom is 0.119 e. The average Bonchev–Trinajstić information content (AvgIpc) is 2.09. The Balaban J connectivity index is 2.91. The molecule has 1 aromatic rings. The highest BCUT2D eigenvalue weighted by molar-refractivity contribution is 9.10. The van der Waals surface area contributed by atoms with Crippen LogP contribution in [0.25, 0.3) is 0 Å². The van der Waals surface area contributed by atoms with Gasteiger partial charge in [0.15, 0.2) is 0 Å². The van der Waals surface area contributed by atoms with E-state index in [1.807, 2.05) is 12.1 Å². The second-order valence-corrected chi connectivity index (χ2v) is 3.56. The second kappa shape index (κ2) is 4.51. The third-order valence-electron chi connectivity index (χ3n) is 1.77. The van der Waals surface area contributed by atoms with Gasteiger partial charge < -0.3 is 4.74 Å². The fourth-order valence-corrected chi connectivity index (χ4v) is 1.58. The number of ether oxygens (including phenoxy) is 1. The van der Waals surface area contributed by atoms with Crippen molar-refractivity contribution in [2.75, 3.05) is 7.11 Å². The highest BCUT2D eigenvalue weighted by atomic mass is 79.9. The van der Waals surface area contributed by atoms with Crippen LogP contribution in [-0.4, -0.2) is 7.11 Å². The van der Waals surface area contributed by atoms with Gasteiger partial charge in [0.1, 0.15) is 5.75 Å². The largest absolute Gasteiger partial charge is 0.497 e. The monoisotopic (exact) mass is 228 g/mol. The summed E-state index contributed by atoms with van der Waals surface area (Å²) < 4.78 is 6.31. The molecule has 12 heavy (non-hydrogen) atoms. The van der Waals surface area contributed by atoms with E-state index in [0.29, 0.717) is 0 Å². The normalized spacial score (nSPS) is 9.92. The van der Waals surface area contributed by atoms with Crippen LogP contribution in [0, 0.1) is 0 Å². The Hall–Kier alpha value is -0.500. The highest BCUT2D eigenvalue weighted by Gasteiger charge is 1.99. The van der Waals surface area contributed by atoms with Crippen LogP contribution in [0.4, 0.5) is 0 Å². The standard InChI is InChI=1S/C10H13BrO/c1-3-4-8-7-9(12-2)5-6-10(8)11/h5-7H,3-4H2,1-2H3. The first-order chi connectivity index (χ1) is 5.77. The lowest BCUT2D eigenvalue weighted by molar-refractivity contribution is 0.414. The smallest absolute Gasteiger partial charge is 0.119 e. The van der Waals surface area contributed by atoms with E-state index in [1.165, 1.54) is 10.0 Å². The quantitative estimate of drug-likeness (QED) is 0.771. The van der Waals surface area contributed by atoms with Crippen molar-refractivity contribution in [2.45, 2.75) is 19.8 Å². The van der Waals surface area contributed by atoms with E-state index in [0.717, 1.165) is 18.6 Å². The number of hydrogen-bond donors (Lipinski definition) is 0. The molecule has 0 radical (unpaired) electrons. The van der Waals surface area contributed by atoms with E-state index in [4.69, 9.17) is 4.74 Å². The van der Waals surface area contributed by atoms with Gasteiger partial charge in [-0.3, -0.25) is 0 Å². The van der Waals surface area contributed by atoms with Crippen LogP contribution in [0.5, 0.6) is 5.75 Å². The number of aryl methyl sites for hydroxylation is 1. The Morgan fingerprint density at radius 2 is 2.17 bits per heavy atom. The Labute approximate surface area is 81.9 Å². The Morgan fingerprint density at radius 3 is 2.75 bits per heavy atom. The maximum atomic E-state index is 5.14. The minimum Gasteiger partial charge on any atom is -0.497 e. The van der Waals surface area contributed by atoms with Crippen LogP contribution < -0.4 is 4.74 Å². The predicted molar refractivity (Wildman–Crippen MR) is 54.7 cm³/mol. The van der Waals surface area contributed by atoms with Gasteiger partial charge >= 0.3 is 0 Å². The number of benzene rings is 1. The molecular formula is C10H13BrO. The summed E-state index contributed by atoms with van der Waals surface area (Å²) in [6.45, 7) is 2.17. The van der Waals surface area contributed by atoms with E-state index in [-0.39, 0.29) is 0 Å². The van der Waals surface area contributed by atoms with E-state index < -0.39 is 0 Å². The molecule has 0 atom stereocenters. The van der Waals surface area contributed by atoms with Crippen molar-refractivity contribution in [1.82, 2.24) is 0 Å². The summed E-state index contributed by atoms with van der Waals surface area (Å²) in [7, 11) is 1.69. The van der Waals surface area contributed by atoms with E-state index in [9.17, 15) is 0 Å². The summed E-state index contributed by atoms with van der Waals surface area (Å²) >= 11 is 3.51. The van der Waals surface area contributed by atoms with E-state index in [1.54, 1.807) is 7.11 Å². The lowest BCUT2D eigenvalue weighted by atomic mass is 10.1. The molecule has 1 nitrogen and oxygen atoms in total. The van der Waals surface area contributed by atoms with Crippen molar-refractivity contribution in [3.05, 3.63) is 28.2 Å². The van der Waals surface area contributed by atoms with Gasteiger partial charge in [0.05, 0.1) is 7.11 Å². The third-order valence-corrected chi connectivity index (χ3v) is 2.55. The molecule has 0 bridgehead atoms. The van der Waals surface area contributed by atoms with Crippen molar-refractivity contribution in [3.63, 3.8) is 0 Å². The molecule has 0 aliphatic rings. The van der Waals surface area contributed by atoms with Gasteiger partial charge in [0.25, 0.3) is 0 Å². The first-order valence-corrected chi connectivity index (χ1v) is 4.89. The highest BCUT2D eigenvalue weighted by Crippen LogP contribution is 2.23. The van der Waals surface area contributed by atoms with Gasteiger partial charge in [-0.1, -0.05) is 29.3 Å². The molecule has 1 aromatic carbocycles. The molecule has 0 aliphatic heterocycles. The van der Waals surface area contributed by atoms with Crippen LogP contribution in [0.1, 0.15) is 18.9 Å². The van der Waals surface area contributed by atoms with Gasteiger partial charge in [-0.05, 0) is 30.2 Å². The van der Waals surface area contributed by atoms with Gasteiger partial charge in [-0.2, -0.15) is 0 Å². The van der Waals surface area contributed by atoms with Crippen LogP contribution in [0.2, 0.25) is 0 Å². The zero-order chi connectivity index (χ0) is 8.97. The second-order valence-electron chi connectivity index (χ2n) is 2.71. The molecule has 0 saturated heterocycles. The molecule has 0 aliphatic carbocycles. The number of halogens is 1. The molecule has 0 N–H and O–H groups in total. The molecule has 1 rings (SSSR count). The summed E-state index contributed by atoms with van der Waals surface area (Å²) in [6.07, 6.45) is 2.25. The number of hydrogen-bond acceptors (Lipinski definition) is 1. The summed E-state index contributed by atoms with van der Waals surface area (Å²) in [5.74, 6) is 0.932. The van der Waals surface area contributed by atoms with Crippen molar-refractivity contribution >= 4 is 15.9 Å². The molecular weight excluding hydrogens is 216 g/mol. The van der Waals surface area contributed by atoms with Crippen molar-refractivity contribution in [3.8, 4) is 5.75 Å². The van der Waals surface area contributed by atoms with Crippen LogP contribution in [-0.2, 0) is 6.42 Å². The lowest BCUT2D eigenvalue weighted by Crippen LogP contribution is -1.88. The minimum atomic E-state index is 0.932. The molecule has 0 unspecified atom stereocenters. The molecule has 0 fully saturated rings. The van der Waals surface area contributed by atoms with Crippen molar-refractivity contribution in [2.24, 2.45) is 0 Å². The Bertz CT molecular complexity index is 258. The Kier molecular flexibility index (Phi) is 3.60.